The zero-order valence-electron chi connectivity index (χ0n) is 18.6. The number of carbonyl (C=O) groups is 2. The highest BCUT2D eigenvalue weighted by Crippen LogP contribution is 2.27. The van der Waals surface area contributed by atoms with Gasteiger partial charge in [-0.2, -0.15) is 0 Å². The monoisotopic (exact) mass is 452 g/mol. The number of urea groups is 1. The third kappa shape index (κ3) is 5.70. The summed E-state index contributed by atoms with van der Waals surface area (Å²) < 4.78 is 12.8. The Balaban J connectivity index is 1.85. The van der Waals surface area contributed by atoms with E-state index in [4.69, 9.17) is 9.47 Å². The van der Waals surface area contributed by atoms with Crippen LogP contribution in [0, 0.1) is 5.92 Å². The SMILES string of the molecule is CCOC(=O)C1=C(CSc2nnc(N3CCOCC3)n2CC(C)C)NC(=O)N[C@H]1CC. The van der Waals surface area contributed by atoms with Crippen molar-refractivity contribution in [1.29, 1.82) is 0 Å². The van der Waals surface area contributed by atoms with E-state index in [0.29, 0.717) is 42.6 Å². The van der Waals surface area contributed by atoms with Crippen molar-refractivity contribution < 1.29 is 19.1 Å². The van der Waals surface area contributed by atoms with Crippen LogP contribution in [0.25, 0.3) is 0 Å². The lowest BCUT2D eigenvalue weighted by Gasteiger charge is -2.29. The van der Waals surface area contributed by atoms with Gasteiger partial charge in [-0.25, -0.2) is 9.59 Å². The summed E-state index contributed by atoms with van der Waals surface area (Å²) >= 11 is 1.46. The molecule has 0 radical (unpaired) electrons. The van der Waals surface area contributed by atoms with Crippen molar-refractivity contribution in [1.82, 2.24) is 25.4 Å². The van der Waals surface area contributed by atoms with Crippen LogP contribution in [0.3, 0.4) is 0 Å². The minimum atomic E-state index is -0.407. The van der Waals surface area contributed by atoms with Crippen LogP contribution in [0.2, 0.25) is 0 Å². The van der Waals surface area contributed by atoms with E-state index in [1.807, 2.05) is 6.92 Å². The molecule has 1 aromatic rings. The molecule has 3 heterocycles. The fraction of sp³-hybridized carbons (Fsp3) is 0.700. The van der Waals surface area contributed by atoms with Gasteiger partial charge in [0.25, 0.3) is 0 Å². The molecule has 1 atom stereocenters. The maximum absolute atomic E-state index is 12.6. The van der Waals surface area contributed by atoms with Gasteiger partial charge in [-0.1, -0.05) is 32.5 Å². The predicted octanol–water partition coefficient (Wildman–Crippen LogP) is 1.77. The molecule has 2 N–H and O–H groups in total. The van der Waals surface area contributed by atoms with Crippen molar-refractivity contribution in [2.45, 2.75) is 51.9 Å². The molecule has 0 aliphatic carbocycles. The number of anilines is 1. The van der Waals surface area contributed by atoms with Gasteiger partial charge in [-0.3, -0.25) is 4.57 Å². The molecular formula is C20H32N6O4S. The fourth-order valence-electron chi connectivity index (χ4n) is 3.62. The third-order valence-electron chi connectivity index (χ3n) is 5.03. The molecule has 0 spiro atoms. The molecule has 3 rings (SSSR count). The quantitative estimate of drug-likeness (QED) is 0.431. The van der Waals surface area contributed by atoms with Crippen LogP contribution in [-0.4, -0.2) is 71.5 Å². The number of aromatic nitrogens is 3. The lowest BCUT2D eigenvalue weighted by molar-refractivity contribution is -0.139. The van der Waals surface area contributed by atoms with Gasteiger partial charge in [0.05, 0.1) is 31.4 Å². The largest absolute Gasteiger partial charge is 0.463 e. The number of rotatable bonds is 9. The van der Waals surface area contributed by atoms with Crippen molar-refractivity contribution in [3.05, 3.63) is 11.3 Å². The van der Waals surface area contributed by atoms with Crippen LogP contribution in [-0.2, 0) is 20.8 Å². The Morgan fingerprint density at radius 1 is 1.29 bits per heavy atom. The molecule has 2 amide bonds. The Morgan fingerprint density at radius 3 is 2.68 bits per heavy atom. The number of esters is 1. The Morgan fingerprint density at radius 2 is 2.03 bits per heavy atom. The van der Waals surface area contributed by atoms with Crippen LogP contribution in [0.4, 0.5) is 10.7 Å². The molecule has 0 bridgehead atoms. The average molecular weight is 453 g/mol. The van der Waals surface area contributed by atoms with Crippen LogP contribution in [0.15, 0.2) is 16.4 Å². The number of nitrogens with one attached hydrogen (secondary N) is 2. The molecule has 0 aromatic carbocycles. The highest BCUT2D eigenvalue weighted by atomic mass is 32.2. The molecule has 2 aliphatic rings. The maximum Gasteiger partial charge on any atom is 0.337 e. The van der Waals surface area contributed by atoms with E-state index in [9.17, 15) is 9.59 Å². The zero-order chi connectivity index (χ0) is 22.4. The standard InChI is InChI=1S/C20H32N6O4S/c1-5-14-16(17(27)30-6-2)15(22-18(28)21-14)12-31-20-24-23-19(26(20)11-13(3)4)25-7-9-29-10-8-25/h13-14H,5-12H2,1-4H3,(H2,21,22,28)/t14-/m0/s1. The van der Waals surface area contributed by atoms with Gasteiger partial charge in [-0.15, -0.1) is 10.2 Å². The van der Waals surface area contributed by atoms with Crippen molar-refractivity contribution >= 4 is 29.7 Å². The highest BCUT2D eigenvalue weighted by Gasteiger charge is 2.32. The molecule has 1 saturated heterocycles. The van der Waals surface area contributed by atoms with E-state index in [2.05, 4.69) is 44.1 Å². The summed E-state index contributed by atoms with van der Waals surface area (Å²) in [6.45, 7) is 11.9. The first kappa shape index (κ1) is 23.4. The van der Waals surface area contributed by atoms with Gasteiger partial charge in [-0.05, 0) is 19.3 Å². The molecule has 0 saturated carbocycles. The zero-order valence-corrected chi connectivity index (χ0v) is 19.5. The number of hydrogen-bond acceptors (Lipinski definition) is 8. The van der Waals surface area contributed by atoms with E-state index in [-0.39, 0.29) is 18.7 Å². The first-order valence-corrected chi connectivity index (χ1v) is 11.8. The van der Waals surface area contributed by atoms with Crippen LogP contribution >= 0.6 is 11.8 Å². The van der Waals surface area contributed by atoms with Crippen molar-refractivity contribution in [3.8, 4) is 0 Å². The number of thioether (sulfide) groups is 1. The number of carbonyl (C=O) groups excluding carboxylic acids is 2. The predicted molar refractivity (Wildman–Crippen MR) is 118 cm³/mol. The van der Waals surface area contributed by atoms with Gasteiger partial charge in [0.2, 0.25) is 5.95 Å². The Kier molecular flexibility index (Phi) is 8.19. The van der Waals surface area contributed by atoms with Crippen LogP contribution < -0.4 is 15.5 Å². The molecule has 31 heavy (non-hydrogen) atoms. The second-order valence-electron chi connectivity index (χ2n) is 7.85. The number of morpholine rings is 1. The number of ether oxygens (including phenoxy) is 2. The minimum Gasteiger partial charge on any atom is -0.463 e. The average Bonchev–Trinajstić information content (AvgIpc) is 3.14. The highest BCUT2D eigenvalue weighted by molar-refractivity contribution is 7.99. The summed E-state index contributed by atoms with van der Waals surface area (Å²) in [5.41, 5.74) is 1.03. The van der Waals surface area contributed by atoms with Gasteiger partial charge in [0, 0.05) is 31.1 Å². The van der Waals surface area contributed by atoms with Gasteiger partial charge in [0.15, 0.2) is 5.16 Å². The van der Waals surface area contributed by atoms with E-state index in [1.165, 1.54) is 11.8 Å². The molecule has 1 fully saturated rings. The molecular weight excluding hydrogens is 420 g/mol. The molecule has 0 unspecified atom stereocenters. The van der Waals surface area contributed by atoms with Gasteiger partial charge in [0.1, 0.15) is 0 Å². The van der Waals surface area contributed by atoms with Crippen LogP contribution in [0.5, 0.6) is 0 Å². The summed E-state index contributed by atoms with van der Waals surface area (Å²) in [6.07, 6.45) is 0.598. The van der Waals surface area contributed by atoms with Crippen molar-refractivity contribution in [3.63, 3.8) is 0 Å². The summed E-state index contributed by atoms with van der Waals surface area (Å²) in [7, 11) is 0. The number of nitrogens with zero attached hydrogens (tertiary/aromatic N) is 4. The summed E-state index contributed by atoms with van der Waals surface area (Å²) in [4.78, 5) is 26.9. The minimum absolute atomic E-state index is 0.277. The lowest BCUT2D eigenvalue weighted by atomic mass is 10.0. The van der Waals surface area contributed by atoms with Crippen molar-refractivity contribution in [2.24, 2.45) is 5.92 Å². The van der Waals surface area contributed by atoms with E-state index in [0.717, 1.165) is 30.7 Å². The summed E-state index contributed by atoms with van der Waals surface area (Å²) in [6, 6.07) is -0.686. The Hall–Kier alpha value is -2.27. The Bertz CT molecular complexity index is 819. The van der Waals surface area contributed by atoms with Crippen molar-refractivity contribution in [2.75, 3.05) is 43.6 Å². The first-order chi connectivity index (χ1) is 14.9. The van der Waals surface area contributed by atoms with E-state index in [1.54, 1.807) is 6.92 Å². The van der Waals surface area contributed by atoms with Crippen LogP contribution in [0.1, 0.15) is 34.1 Å². The van der Waals surface area contributed by atoms with Gasteiger partial charge < -0.3 is 25.0 Å². The number of hydrogen-bond donors (Lipinski definition) is 2. The Labute approximate surface area is 187 Å². The lowest BCUT2D eigenvalue weighted by Crippen LogP contribution is -2.50. The second kappa shape index (κ2) is 10.9. The van der Waals surface area contributed by atoms with Gasteiger partial charge >= 0.3 is 12.0 Å². The molecule has 1 aromatic heterocycles. The number of amides is 2. The summed E-state index contributed by atoms with van der Waals surface area (Å²) in [5.74, 6) is 1.22. The first-order valence-electron chi connectivity index (χ1n) is 10.8. The topological polar surface area (TPSA) is 111 Å². The maximum atomic E-state index is 12.6. The van der Waals surface area contributed by atoms with E-state index < -0.39 is 5.97 Å². The third-order valence-corrected chi connectivity index (χ3v) is 6.02. The normalized spacial score (nSPS) is 19.5. The molecule has 172 valence electrons. The summed E-state index contributed by atoms with van der Waals surface area (Å²) in [5, 5.41) is 15.2. The second-order valence-corrected chi connectivity index (χ2v) is 8.79. The molecule has 2 aliphatic heterocycles. The molecule has 11 heteroatoms. The van der Waals surface area contributed by atoms with E-state index >= 15 is 0 Å². The smallest absolute Gasteiger partial charge is 0.337 e. The fourth-order valence-corrected chi connectivity index (χ4v) is 4.53. The molecule has 10 nitrogen and oxygen atoms in total.